The van der Waals surface area contributed by atoms with Crippen LogP contribution >= 0.6 is 0 Å². The highest BCUT2D eigenvalue weighted by Gasteiger charge is 2.07. The first-order valence-corrected chi connectivity index (χ1v) is 5.91. The highest BCUT2D eigenvalue weighted by Crippen LogP contribution is 2.30. The van der Waals surface area contributed by atoms with Gasteiger partial charge in [-0.2, -0.15) is 0 Å². The van der Waals surface area contributed by atoms with Crippen LogP contribution in [0.4, 0.5) is 0 Å². The van der Waals surface area contributed by atoms with Crippen LogP contribution in [0.5, 0.6) is 11.5 Å². The molecule has 95 valence electrons. The molecule has 2 N–H and O–H groups in total. The van der Waals surface area contributed by atoms with E-state index in [1.807, 2.05) is 32.0 Å². The van der Waals surface area contributed by atoms with Crippen molar-refractivity contribution in [2.75, 3.05) is 26.6 Å². The van der Waals surface area contributed by atoms with Gasteiger partial charge in [0.1, 0.15) is 13.5 Å². The van der Waals surface area contributed by atoms with Gasteiger partial charge >= 0.3 is 0 Å². The van der Waals surface area contributed by atoms with Crippen molar-refractivity contribution < 1.29 is 9.47 Å². The van der Waals surface area contributed by atoms with Gasteiger partial charge in [-0.3, -0.25) is 10.6 Å². The summed E-state index contributed by atoms with van der Waals surface area (Å²) in [7, 11) is 0. The van der Waals surface area contributed by atoms with Gasteiger partial charge in [-0.25, -0.2) is 0 Å². The van der Waals surface area contributed by atoms with Crippen molar-refractivity contribution in [3.63, 3.8) is 0 Å². The van der Waals surface area contributed by atoms with E-state index in [1.54, 1.807) is 0 Å². The lowest BCUT2D eigenvalue weighted by Crippen LogP contribution is -2.21. The fraction of sp³-hybridized carbons (Fsp3) is 0.462. The van der Waals surface area contributed by atoms with Crippen LogP contribution in [-0.4, -0.2) is 26.6 Å². The lowest BCUT2D eigenvalue weighted by Gasteiger charge is -2.15. The normalized spacial score (nSPS) is 10.3. The third-order valence-corrected chi connectivity index (χ3v) is 2.21. The van der Waals surface area contributed by atoms with Crippen molar-refractivity contribution >= 4 is 0 Å². The molecule has 0 heterocycles. The molecule has 0 aliphatic rings. The van der Waals surface area contributed by atoms with Crippen molar-refractivity contribution in [3.05, 3.63) is 30.7 Å². The molecule has 0 saturated heterocycles. The second kappa shape index (κ2) is 7.92. The Labute approximate surface area is 103 Å². The maximum absolute atomic E-state index is 5.61. The van der Waals surface area contributed by atoms with E-state index in [0.29, 0.717) is 19.2 Å². The minimum absolute atomic E-state index is 0.459. The first-order valence-electron chi connectivity index (χ1n) is 5.91. The van der Waals surface area contributed by atoms with Gasteiger partial charge < -0.3 is 9.47 Å². The summed E-state index contributed by atoms with van der Waals surface area (Å²) in [6.45, 7) is 10.7. The minimum Gasteiger partial charge on any atom is -0.474 e. The predicted molar refractivity (Wildman–Crippen MR) is 69.2 cm³/mol. The van der Waals surface area contributed by atoms with E-state index in [4.69, 9.17) is 9.47 Å². The first kappa shape index (κ1) is 13.8. The highest BCUT2D eigenvalue weighted by atomic mass is 16.5. The Morgan fingerprint density at radius 1 is 1.06 bits per heavy atom. The lowest BCUT2D eigenvalue weighted by atomic mass is 10.2. The number of nitrogens with one attached hydrogen (secondary N) is 2. The van der Waals surface area contributed by atoms with Crippen LogP contribution < -0.4 is 20.1 Å². The summed E-state index contributed by atoms with van der Waals surface area (Å²) >= 11 is 0. The Kier molecular flexibility index (Phi) is 6.43. The van der Waals surface area contributed by atoms with Gasteiger partial charge in [0.15, 0.2) is 11.5 Å². The molecule has 0 fully saturated rings. The van der Waals surface area contributed by atoms with Gasteiger partial charge in [0.2, 0.25) is 0 Å². The Bertz CT molecular complexity index is 329. The van der Waals surface area contributed by atoms with Crippen molar-refractivity contribution in [2.45, 2.75) is 13.8 Å². The molecule has 1 aromatic carbocycles. The number of hydrogen-bond acceptors (Lipinski definition) is 4. The number of para-hydroxylation sites is 1. The molecule has 0 atom stereocenters. The Morgan fingerprint density at radius 3 is 2.35 bits per heavy atom. The smallest absolute Gasteiger partial charge is 0.166 e. The van der Waals surface area contributed by atoms with Gasteiger partial charge in [0.25, 0.3) is 0 Å². The minimum atomic E-state index is 0.459. The van der Waals surface area contributed by atoms with Crippen LogP contribution in [0.15, 0.2) is 18.2 Å². The summed E-state index contributed by atoms with van der Waals surface area (Å²) in [6.07, 6.45) is 0. The van der Waals surface area contributed by atoms with E-state index in [2.05, 4.69) is 17.6 Å². The molecule has 0 aliphatic heterocycles. The lowest BCUT2D eigenvalue weighted by molar-refractivity contribution is 0.242. The Hall–Kier alpha value is -1.26. The first-order chi connectivity index (χ1) is 8.29. The zero-order valence-corrected chi connectivity index (χ0v) is 10.6. The third-order valence-electron chi connectivity index (χ3n) is 2.21. The molecule has 0 aliphatic carbocycles. The molecular weight excluding hydrogens is 216 g/mol. The number of benzene rings is 1. The van der Waals surface area contributed by atoms with Crippen LogP contribution in [0.3, 0.4) is 0 Å². The zero-order valence-electron chi connectivity index (χ0n) is 10.6. The molecular formula is C13H21N2O2. The van der Waals surface area contributed by atoms with E-state index in [-0.39, 0.29) is 0 Å². The maximum Gasteiger partial charge on any atom is 0.166 e. The van der Waals surface area contributed by atoms with Crippen molar-refractivity contribution in [3.8, 4) is 11.5 Å². The second-order valence-corrected chi connectivity index (χ2v) is 3.53. The molecule has 1 radical (unpaired) electrons. The van der Waals surface area contributed by atoms with E-state index in [0.717, 1.165) is 24.4 Å². The van der Waals surface area contributed by atoms with Gasteiger partial charge in [0.05, 0.1) is 0 Å². The topological polar surface area (TPSA) is 42.5 Å². The summed E-state index contributed by atoms with van der Waals surface area (Å²) in [6, 6.07) is 5.69. The highest BCUT2D eigenvalue weighted by molar-refractivity contribution is 5.47. The SMILES string of the molecule is [CH2]c1cccc(OCNCC)c1OCNCC. The van der Waals surface area contributed by atoms with Gasteiger partial charge in [0, 0.05) is 0 Å². The van der Waals surface area contributed by atoms with Gasteiger partial charge in [-0.1, -0.05) is 26.0 Å². The number of ether oxygens (including phenoxy) is 2. The molecule has 0 amide bonds. The largest absolute Gasteiger partial charge is 0.474 e. The molecule has 17 heavy (non-hydrogen) atoms. The summed E-state index contributed by atoms with van der Waals surface area (Å²) in [5.41, 5.74) is 0.830. The van der Waals surface area contributed by atoms with Crippen LogP contribution in [-0.2, 0) is 0 Å². The molecule has 1 aromatic rings. The van der Waals surface area contributed by atoms with E-state index < -0.39 is 0 Å². The fourth-order valence-corrected chi connectivity index (χ4v) is 1.29. The third kappa shape index (κ3) is 4.63. The van der Waals surface area contributed by atoms with Crippen molar-refractivity contribution in [1.82, 2.24) is 10.6 Å². The molecule has 4 heteroatoms. The predicted octanol–water partition coefficient (Wildman–Crippen LogP) is 1.76. The zero-order chi connectivity index (χ0) is 12.5. The monoisotopic (exact) mass is 237 g/mol. The number of hydrogen-bond donors (Lipinski definition) is 2. The summed E-state index contributed by atoms with van der Waals surface area (Å²) in [5.74, 6) is 1.42. The van der Waals surface area contributed by atoms with E-state index in [9.17, 15) is 0 Å². The van der Waals surface area contributed by atoms with Gasteiger partial charge in [-0.15, -0.1) is 0 Å². The average Bonchev–Trinajstić information content (AvgIpc) is 2.33. The molecule has 0 bridgehead atoms. The standard InChI is InChI=1S/C13H21N2O2/c1-4-14-9-16-12-8-6-7-11(3)13(12)17-10-15-5-2/h6-8,14-15H,3-5,9-10H2,1-2H3. The number of rotatable bonds is 8. The fourth-order valence-electron chi connectivity index (χ4n) is 1.29. The van der Waals surface area contributed by atoms with Crippen molar-refractivity contribution in [2.24, 2.45) is 0 Å². The summed E-state index contributed by atoms with van der Waals surface area (Å²) in [5, 5.41) is 6.19. The quantitative estimate of drug-likeness (QED) is 0.534. The average molecular weight is 237 g/mol. The van der Waals surface area contributed by atoms with Crippen LogP contribution in [0.1, 0.15) is 19.4 Å². The summed E-state index contributed by atoms with van der Waals surface area (Å²) in [4.78, 5) is 0. The van der Waals surface area contributed by atoms with Gasteiger partial charge in [-0.05, 0) is 31.6 Å². The van der Waals surface area contributed by atoms with Crippen LogP contribution in [0, 0.1) is 6.92 Å². The van der Waals surface area contributed by atoms with E-state index in [1.165, 1.54) is 0 Å². The molecule has 0 saturated carbocycles. The molecule has 0 spiro atoms. The Morgan fingerprint density at radius 2 is 1.71 bits per heavy atom. The van der Waals surface area contributed by atoms with Crippen molar-refractivity contribution in [1.29, 1.82) is 0 Å². The molecule has 4 nitrogen and oxygen atoms in total. The molecule has 1 rings (SSSR count). The maximum atomic E-state index is 5.61. The molecule has 0 aromatic heterocycles. The second-order valence-electron chi connectivity index (χ2n) is 3.53. The van der Waals surface area contributed by atoms with E-state index >= 15 is 0 Å². The Balaban J connectivity index is 2.63. The van der Waals surface area contributed by atoms with Crippen LogP contribution in [0.25, 0.3) is 0 Å². The molecule has 0 unspecified atom stereocenters. The summed E-state index contributed by atoms with van der Waals surface area (Å²) < 4.78 is 11.2. The van der Waals surface area contributed by atoms with Crippen LogP contribution in [0.2, 0.25) is 0 Å².